The Kier molecular flexibility index (Phi) is 6.48. The van der Waals surface area contributed by atoms with Crippen molar-refractivity contribution in [3.63, 3.8) is 0 Å². The minimum absolute atomic E-state index is 0.00735. The number of carbonyl (C=O) groups is 1. The maximum absolute atomic E-state index is 15.3. The van der Waals surface area contributed by atoms with E-state index in [1.165, 1.54) is 12.3 Å². The Hall–Kier alpha value is -1.30. The van der Waals surface area contributed by atoms with E-state index in [-0.39, 0.29) is 29.9 Å². The van der Waals surface area contributed by atoms with E-state index in [4.69, 9.17) is 24.0 Å². The van der Waals surface area contributed by atoms with E-state index >= 15 is 4.39 Å². The van der Waals surface area contributed by atoms with Crippen LogP contribution in [-0.4, -0.2) is 45.1 Å². The fourth-order valence-corrected chi connectivity index (χ4v) is 5.51. The predicted octanol–water partition coefficient (Wildman–Crippen LogP) is 2.64. The first kappa shape index (κ1) is 23.4. The van der Waals surface area contributed by atoms with Gasteiger partial charge in [-0.1, -0.05) is 39.5 Å². The van der Waals surface area contributed by atoms with Gasteiger partial charge in [-0.2, -0.15) is 4.98 Å². The molecule has 3 heterocycles. The molecule has 2 aliphatic rings. The van der Waals surface area contributed by atoms with Gasteiger partial charge in [-0.05, 0) is 12.5 Å². The first-order valence-corrected chi connectivity index (χ1v) is 11.8. The van der Waals surface area contributed by atoms with E-state index in [9.17, 15) is 14.2 Å². The first-order valence-electron chi connectivity index (χ1n) is 9.32. The fraction of sp³-hybridized carbons (Fsp3) is 0.706. The molecule has 0 bridgehead atoms. The normalized spacial score (nSPS) is 34.0. The average Bonchev–Trinajstić information content (AvgIpc) is 2.94. The number of ether oxygens (including phenoxy) is 1. The molecular formula is C17H25FN3O7PS. The topological polar surface area (TPSA) is 132 Å². The van der Waals surface area contributed by atoms with Crippen LogP contribution in [0.4, 0.5) is 10.2 Å². The van der Waals surface area contributed by atoms with Crippen molar-refractivity contribution in [2.24, 2.45) is 5.41 Å². The molecule has 2 aliphatic heterocycles. The fourth-order valence-electron chi connectivity index (χ4n) is 3.09. The molecule has 5 atom stereocenters. The van der Waals surface area contributed by atoms with Gasteiger partial charge in [-0.15, -0.1) is 0 Å². The quantitative estimate of drug-likeness (QED) is 0.511. The first-order chi connectivity index (χ1) is 13.9. The lowest BCUT2D eigenvalue weighted by molar-refractivity contribution is -0.148. The second kappa shape index (κ2) is 8.33. The van der Waals surface area contributed by atoms with Crippen molar-refractivity contribution >= 4 is 30.5 Å². The summed E-state index contributed by atoms with van der Waals surface area (Å²) >= 11 is 0.823. The number of aromatic nitrogens is 2. The van der Waals surface area contributed by atoms with Gasteiger partial charge in [-0.25, -0.2) is 13.8 Å². The number of nitrogens with zero attached hydrogens (tertiary/aromatic N) is 2. The number of hydrogen-bond acceptors (Lipinski definition) is 10. The van der Waals surface area contributed by atoms with Crippen molar-refractivity contribution in [1.82, 2.24) is 9.55 Å². The monoisotopic (exact) mass is 465 g/mol. The van der Waals surface area contributed by atoms with E-state index in [0.717, 1.165) is 16.3 Å². The molecule has 10 nitrogen and oxygen atoms in total. The SMILES string of the molecule is CC[C@]12COP(=O)(OCSC(=O)C(C)(C)C)OC1C(F)C(n1ccc(N)nc1=O)O2. The summed E-state index contributed by atoms with van der Waals surface area (Å²) in [5.41, 5.74) is 2.82. The highest BCUT2D eigenvalue weighted by Gasteiger charge is 2.62. The lowest BCUT2D eigenvalue weighted by Gasteiger charge is -2.39. The van der Waals surface area contributed by atoms with Crippen molar-refractivity contribution in [3.05, 3.63) is 22.7 Å². The summed E-state index contributed by atoms with van der Waals surface area (Å²) in [6, 6.07) is 1.34. The van der Waals surface area contributed by atoms with Crippen LogP contribution < -0.4 is 11.4 Å². The molecule has 0 amide bonds. The molecule has 0 aromatic carbocycles. The van der Waals surface area contributed by atoms with Crippen molar-refractivity contribution < 1.29 is 32.1 Å². The van der Waals surface area contributed by atoms with E-state index < -0.39 is 43.0 Å². The molecule has 168 valence electrons. The predicted molar refractivity (Wildman–Crippen MR) is 107 cm³/mol. The Balaban J connectivity index is 1.75. The van der Waals surface area contributed by atoms with Crippen molar-refractivity contribution in [2.45, 2.75) is 58.2 Å². The van der Waals surface area contributed by atoms with Gasteiger partial charge in [0.1, 0.15) is 23.5 Å². The number of fused-ring (bicyclic) bond motifs is 1. The van der Waals surface area contributed by atoms with Gasteiger partial charge in [0.15, 0.2) is 17.5 Å². The summed E-state index contributed by atoms with van der Waals surface area (Å²) in [4.78, 5) is 27.7. The minimum Gasteiger partial charge on any atom is -0.383 e. The Labute approximate surface area is 177 Å². The maximum Gasteiger partial charge on any atom is 0.476 e. The van der Waals surface area contributed by atoms with Gasteiger partial charge in [0.25, 0.3) is 0 Å². The molecule has 0 spiro atoms. The van der Waals surface area contributed by atoms with E-state index in [2.05, 4.69) is 4.98 Å². The number of phosphoric acid groups is 1. The highest BCUT2D eigenvalue weighted by molar-refractivity contribution is 8.13. The Morgan fingerprint density at radius 2 is 2.23 bits per heavy atom. The molecule has 4 unspecified atom stereocenters. The molecule has 1 aromatic rings. The smallest absolute Gasteiger partial charge is 0.383 e. The number of alkyl halides is 1. The largest absolute Gasteiger partial charge is 0.476 e. The molecule has 13 heteroatoms. The van der Waals surface area contributed by atoms with Crippen molar-refractivity contribution in [3.8, 4) is 0 Å². The summed E-state index contributed by atoms with van der Waals surface area (Å²) in [6.07, 6.45) is -2.97. The number of thioether (sulfide) groups is 1. The highest BCUT2D eigenvalue weighted by atomic mass is 32.2. The number of anilines is 1. The van der Waals surface area contributed by atoms with Gasteiger partial charge in [0.2, 0.25) is 0 Å². The molecular weight excluding hydrogens is 440 g/mol. The third-order valence-electron chi connectivity index (χ3n) is 4.88. The number of carbonyl (C=O) groups excluding carboxylic acids is 1. The number of hydrogen-bond donors (Lipinski definition) is 1. The third kappa shape index (κ3) is 4.49. The van der Waals surface area contributed by atoms with Crippen molar-refractivity contribution in [2.75, 3.05) is 18.3 Å². The van der Waals surface area contributed by atoms with Crippen LogP contribution in [0.15, 0.2) is 17.1 Å². The summed E-state index contributed by atoms with van der Waals surface area (Å²) in [5.74, 6) is -0.283. The second-order valence-corrected chi connectivity index (χ2v) is 10.6. The van der Waals surface area contributed by atoms with Crippen LogP contribution >= 0.6 is 19.6 Å². The van der Waals surface area contributed by atoms with Crippen LogP contribution in [0.1, 0.15) is 40.3 Å². The van der Waals surface area contributed by atoms with Crippen LogP contribution in [-0.2, 0) is 27.7 Å². The van der Waals surface area contributed by atoms with Crippen LogP contribution in [0.2, 0.25) is 0 Å². The molecule has 30 heavy (non-hydrogen) atoms. The average molecular weight is 465 g/mol. The van der Waals surface area contributed by atoms with Gasteiger partial charge in [-0.3, -0.25) is 22.9 Å². The Morgan fingerprint density at radius 1 is 1.53 bits per heavy atom. The van der Waals surface area contributed by atoms with Gasteiger partial charge < -0.3 is 10.5 Å². The minimum atomic E-state index is -4.14. The zero-order valence-electron chi connectivity index (χ0n) is 17.1. The second-order valence-electron chi connectivity index (χ2n) is 8.09. The zero-order chi connectivity index (χ0) is 22.3. The number of phosphoric ester groups is 1. The molecule has 2 N–H and O–H groups in total. The molecule has 2 fully saturated rings. The number of nitrogens with two attached hydrogens (primary N) is 1. The molecule has 0 radical (unpaired) electrons. The van der Waals surface area contributed by atoms with Crippen LogP contribution in [0.3, 0.4) is 0 Å². The standard InChI is InChI=1S/C17H25FN3O7PS/c1-5-17-8-25-29(24,26-9-30-14(22)16(2,3)4)28-12(17)11(18)13(27-17)21-7-6-10(19)20-15(21)23/h6-7,11-13H,5,8-9H2,1-4H3,(H2,19,20,23)/t11?,12?,13?,17-,29?/m0/s1. The summed E-state index contributed by atoms with van der Waals surface area (Å²) in [7, 11) is -4.14. The maximum atomic E-state index is 15.3. The highest BCUT2D eigenvalue weighted by Crippen LogP contribution is 2.61. The van der Waals surface area contributed by atoms with Crippen LogP contribution in [0, 0.1) is 5.41 Å². The van der Waals surface area contributed by atoms with Crippen molar-refractivity contribution in [1.29, 1.82) is 0 Å². The van der Waals surface area contributed by atoms with E-state index in [0.29, 0.717) is 0 Å². The summed E-state index contributed by atoms with van der Waals surface area (Å²) in [6.45, 7) is 6.69. The lowest BCUT2D eigenvalue weighted by atomic mass is 9.94. The van der Waals surface area contributed by atoms with Crippen LogP contribution in [0.5, 0.6) is 0 Å². The number of rotatable bonds is 5. The Morgan fingerprint density at radius 3 is 2.83 bits per heavy atom. The van der Waals surface area contributed by atoms with Gasteiger partial charge in [0, 0.05) is 11.6 Å². The molecule has 0 saturated carbocycles. The Bertz CT molecular complexity index is 923. The van der Waals surface area contributed by atoms with E-state index in [1.807, 2.05) is 0 Å². The lowest BCUT2D eigenvalue weighted by Crippen LogP contribution is -2.49. The van der Waals surface area contributed by atoms with E-state index in [1.54, 1.807) is 27.7 Å². The molecule has 1 aromatic heterocycles. The molecule has 3 rings (SSSR count). The van der Waals surface area contributed by atoms with Gasteiger partial charge >= 0.3 is 13.5 Å². The summed E-state index contributed by atoms with van der Waals surface area (Å²) < 4.78 is 50.9. The number of halogens is 1. The molecule has 0 aliphatic carbocycles. The third-order valence-corrected chi connectivity index (χ3v) is 7.54. The number of nitrogen functional groups attached to an aromatic ring is 1. The zero-order valence-corrected chi connectivity index (χ0v) is 18.8. The molecule has 2 saturated heterocycles. The van der Waals surface area contributed by atoms with Gasteiger partial charge in [0.05, 0.1) is 6.61 Å². The summed E-state index contributed by atoms with van der Waals surface area (Å²) in [5, 5.41) is -0.170. The van der Waals surface area contributed by atoms with Crippen LogP contribution in [0.25, 0.3) is 0 Å².